The molecule has 0 spiro atoms. The number of allylic oxidation sites excluding steroid dienone is 1. The van der Waals surface area contributed by atoms with Crippen LogP contribution in [0.25, 0.3) is 5.57 Å². The number of unbranched alkanes of at least 4 members (excludes halogenated alkanes) is 1. The number of aryl methyl sites for hydroxylation is 1. The van der Waals surface area contributed by atoms with Gasteiger partial charge in [0, 0.05) is 38.5 Å². The number of carbonyl (C=O) groups is 1. The lowest BCUT2D eigenvalue weighted by molar-refractivity contribution is -0.120. The smallest absolute Gasteiger partial charge is 0.224 e. The minimum atomic E-state index is -0.0506. The summed E-state index contributed by atoms with van der Waals surface area (Å²) in [7, 11) is 0. The number of phenolic OH excluding ortho intramolecular Hbond substituents is 1. The van der Waals surface area contributed by atoms with E-state index in [-0.39, 0.29) is 18.1 Å². The molecule has 0 saturated carbocycles. The van der Waals surface area contributed by atoms with Crippen molar-refractivity contribution in [2.24, 2.45) is 5.73 Å². The Morgan fingerprint density at radius 1 is 1.11 bits per heavy atom. The molecule has 6 nitrogen and oxygen atoms in total. The molecule has 0 bridgehead atoms. The predicted octanol–water partition coefficient (Wildman–Crippen LogP) is 3.16. The number of hydrogen-bond acceptors (Lipinski definition) is 5. The van der Waals surface area contributed by atoms with E-state index in [4.69, 9.17) is 15.2 Å². The number of ether oxygens (including phenoxy) is 2. The van der Waals surface area contributed by atoms with Crippen LogP contribution in [0, 0.1) is 6.92 Å². The van der Waals surface area contributed by atoms with Crippen LogP contribution >= 0.6 is 0 Å². The van der Waals surface area contributed by atoms with Gasteiger partial charge in [0.1, 0.15) is 5.75 Å². The van der Waals surface area contributed by atoms with Crippen LogP contribution in [-0.2, 0) is 14.3 Å². The Balaban J connectivity index is 2.12. The van der Waals surface area contributed by atoms with Gasteiger partial charge in [-0.05, 0) is 63.3 Å². The van der Waals surface area contributed by atoms with Crippen molar-refractivity contribution in [2.75, 3.05) is 39.5 Å². The second-order valence-corrected chi connectivity index (χ2v) is 6.74. The van der Waals surface area contributed by atoms with Crippen LogP contribution in [0.1, 0.15) is 50.2 Å². The maximum atomic E-state index is 12.2. The molecule has 1 aromatic rings. The Kier molecular flexibility index (Phi) is 13.0. The van der Waals surface area contributed by atoms with Crippen molar-refractivity contribution in [1.29, 1.82) is 0 Å². The third-order valence-electron chi connectivity index (χ3n) is 4.38. The molecule has 0 atom stereocenters. The lowest BCUT2D eigenvalue weighted by Gasteiger charge is -2.13. The number of hydrogen-bond donors (Lipinski definition) is 3. The molecule has 0 fully saturated rings. The molecule has 0 unspecified atom stereocenters. The SMILES string of the molecule is C/C=C(/CC(=O)NCCCOCCCCOCCCN)c1c(C)cccc1O. The number of benzene rings is 1. The van der Waals surface area contributed by atoms with Crippen molar-refractivity contribution in [1.82, 2.24) is 5.32 Å². The number of amides is 1. The first-order valence-electron chi connectivity index (χ1n) is 10.2. The van der Waals surface area contributed by atoms with Crippen LogP contribution in [0.3, 0.4) is 0 Å². The quantitative estimate of drug-likeness (QED) is 0.399. The van der Waals surface area contributed by atoms with Crippen molar-refractivity contribution in [3.63, 3.8) is 0 Å². The van der Waals surface area contributed by atoms with Gasteiger partial charge in [0.25, 0.3) is 0 Å². The molecule has 0 aliphatic rings. The van der Waals surface area contributed by atoms with E-state index in [9.17, 15) is 9.90 Å². The van der Waals surface area contributed by atoms with Gasteiger partial charge in [-0.2, -0.15) is 0 Å². The van der Waals surface area contributed by atoms with Gasteiger partial charge >= 0.3 is 0 Å². The zero-order chi connectivity index (χ0) is 20.6. The average molecular weight is 393 g/mol. The summed E-state index contributed by atoms with van der Waals surface area (Å²) in [6.45, 7) is 7.89. The molecule has 0 aliphatic carbocycles. The summed E-state index contributed by atoms with van der Waals surface area (Å²) < 4.78 is 11.0. The second-order valence-electron chi connectivity index (χ2n) is 6.74. The van der Waals surface area contributed by atoms with Gasteiger partial charge in [-0.1, -0.05) is 18.2 Å². The van der Waals surface area contributed by atoms with Crippen LogP contribution in [0.15, 0.2) is 24.3 Å². The van der Waals surface area contributed by atoms with Gasteiger partial charge < -0.3 is 25.6 Å². The van der Waals surface area contributed by atoms with Crippen molar-refractivity contribution < 1.29 is 19.4 Å². The maximum Gasteiger partial charge on any atom is 0.224 e. The van der Waals surface area contributed by atoms with E-state index in [2.05, 4.69) is 5.32 Å². The summed E-state index contributed by atoms with van der Waals surface area (Å²) in [5, 5.41) is 13.0. The molecule has 1 aromatic carbocycles. The Labute approximate surface area is 169 Å². The Morgan fingerprint density at radius 2 is 1.75 bits per heavy atom. The Morgan fingerprint density at radius 3 is 2.36 bits per heavy atom. The number of nitrogens with one attached hydrogen (secondary N) is 1. The molecule has 6 heteroatoms. The Bertz CT molecular complexity index is 582. The largest absolute Gasteiger partial charge is 0.507 e. The minimum Gasteiger partial charge on any atom is -0.507 e. The number of carbonyl (C=O) groups excluding carboxylic acids is 1. The third kappa shape index (κ3) is 9.88. The summed E-state index contributed by atoms with van der Waals surface area (Å²) in [6.07, 6.45) is 5.77. The van der Waals surface area contributed by atoms with Crippen molar-refractivity contribution in [2.45, 2.75) is 46.0 Å². The number of rotatable bonds is 15. The molecule has 0 aliphatic heterocycles. The van der Waals surface area contributed by atoms with Crippen molar-refractivity contribution in [3.8, 4) is 5.75 Å². The summed E-state index contributed by atoms with van der Waals surface area (Å²) in [5.41, 5.74) is 7.93. The van der Waals surface area contributed by atoms with Gasteiger partial charge in [-0.3, -0.25) is 4.79 Å². The minimum absolute atomic E-state index is 0.0506. The van der Waals surface area contributed by atoms with Crippen LogP contribution in [0.5, 0.6) is 5.75 Å². The zero-order valence-electron chi connectivity index (χ0n) is 17.3. The molecule has 28 heavy (non-hydrogen) atoms. The standard InChI is InChI=1S/C22H36N2O4/c1-3-19(22-18(2)9-6-10-20(22)25)17-21(26)24-12-8-16-28-14-5-4-13-27-15-7-11-23/h3,6,9-10,25H,4-5,7-8,11-17,23H2,1-2H3,(H,24,26)/b19-3-. The molecule has 0 aromatic heterocycles. The first-order chi connectivity index (χ1) is 13.6. The molecular formula is C22H36N2O4. The monoisotopic (exact) mass is 392 g/mol. The fourth-order valence-electron chi connectivity index (χ4n) is 2.84. The predicted molar refractivity (Wildman–Crippen MR) is 113 cm³/mol. The van der Waals surface area contributed by atoms with E-state index < -0.39 is 0 Å². The van der Waals surface area contributed by atoms with Gasteiger partial charge in [-0.25, -0.2) is 0 Å². The molecule has 158 valence electrons. The normalized spacial score (nSPS) is 11.6. The highest BCUT2D eigenvalue weighted by Crippen LogP contribution is 2.30. The summed E-state index contributed by atoms with van der Waals surface area (Å²) in [4.78, 5) is 12.2. The number of nitrogens with two attached hydrogens (primary N) is 1. The summed E-state index contributed by atoms with van der Waals surface area (Å²) in [5.74, 6) is 0.157. The summed E-state index contributed by atoms with van der Waals surface area (Å²) >= 11 is 0. The second kappa shape index (κ2) is 15.1. The van der Waals surface area contributed by atoms with Crippen LogP contribution in [0.2, 0.25) is 0 Å². The Hall–Kier alpha value is -1.89. The zero-order valence-corrected chi connectivity index (χ0v) is 17.3. The van der Waals surface area contributed by atoms with E-state index in [0.29, 0.717) is 26.3 Å². The van der Waals surface area contributed by atoms with Crippen LogP contribution in [-0.4, -0.2) is 50.5 Å². The van der Waals surface area contributed by atoms with Gasteiger partial charge in [0.2, 0.25) is 5.91 Å². The average Bonchev–Trinajstić information content (AvgIpc) is 2.67. The van der Waals surface area contributed by atoms with Gasteiger partial charge in [-0.15, -0.1) is 0 Å². The fourth-order valence-corrected chi connectivity index (χ4v) is 2.84. The van der Waals surface area contributed by atoms with Gasteiger partial charge in [0.15, 0.2) is 0 Å². The van der Waals surface area contributed by atoms with E-state index in [1.54, 1.807) is 12.1 Å². The van der Waals surface area contributed by atoms with Crippen molar-refractivity contribution >= 4 is 11.5 Å². The molecule has 0 heterocycles. The fraction of sp³-hybridized carbons (Fsp3) is 0.591. The van der Waals surface area contributed by atoms with Crippen molar-refractivity contribution in [3.05, 3.63) is 35.4 Å². The van der Waals surface area contributed by atoms with E-state index in [0.717, 1.165) is 55.6 Å². The molecular weight excluding hydrogens is 356 g/mol. The highest BCUT2D eigenvalue weighted by atomic mass is 16.5. The molecule has 4 N–H and O–H groups in total. The lowest BCUT2D eigenvalue weighted by Crippen LogP contribution is -2.25. The molecule has 1 amide bonds. The highest BCUT2D eigenvalue weighted by molar-refractivity contribution is 5.90. The molecule has 1 rings (SSSR count). The lowest BCUT2D eigenvalue weighted by atomic mass is 9.96. The van der Waals surface area contributed by atoms with Gasteiger partial charge in [0.05, 0.1) is 6.42 Å². The van der Waals surface area contributed by atoms with E-state index in [1.807, 2.05) is 26.0 Å². The number of phenols is 1. The highest BCUT2D eigenvalue weighted by Gasteiger charge is 2.13. The third-order valence-corrected chi connectivity index (χ3v) is 4.38. The first kappa shape index (κ1) is 24.1. The first-order valence-corrected chi connectivity index (χ1v) is 10.2. The molecule has 0 saturated heterocycles. The van der Waals surface area contributed by atoms with Crippen LogP contribution in [0.4, 0.5) is 0 Å². The summed E-state index contributed by atoms with van der Waals surface area (Å²) in [6, 6.07) is 5.38. The topological polar surface area (TPSA) is 93.8 Å². The molecule has 0 radical (unpaired) electrons. The van der Waals surface area contributed by atoms with Crippen LogP contribution < -0.4 is 11.1 Å². The maximum absolute atomic E-state index is 12.2. The number of aromatic hydroxyl groups is 1. The van der Waals surface area contributed by atoms with E-state index >= 15 is 0 Å². The van der Waals surface area contributed by atoms with E-state index in [1.165, 1.54) is 0 Å².